The van der Waals surface area contributed by atoms with Gasteiger partial charge in [0, 0.05) is 37.3 Å². The molecule has 3 aromatic heterocycles. The Balaban J connectivity index is 1.31. The number of fused-ring (bicyclic) bond motifs is 1. The van der Waals surface area contributed by atoms with Crippen LogP contribution in [-0.4, -0.2) is 74.8 Å². The molecule has 12 heteroatoms. The molecule has 3 aromatic rings. The van der Waals surface area contributed by atoms with Gasteiger partial charge in [0.15, 0.2) is 22.4 Å². The molecule has 0 unspecified atom stereocenters. The number of hydrogen-bond acceptors (Lipinski definition) is 8. The summed E-state index contributed by atoms with van der Waals surface area (Å²) in [5, 5.41) is 11.4. The first-order valence-electron chi connectivity index (χ1n) is 10.4. The molecule has 3 saturated heterocycles. The van der Waals surface area contributed by atoms with Gasteiger partial charge in [-0.1, -0.05) is 0 Å². The Morgan fingerprint density at radius 2 is 2.06 bits per heavy atom. The Kier molecular flexibility index (Phi) is 4.33. The number of nitrogens with zero attached hydrogens (tertiary/aromatic N) is 5. The summed E-state index contributed by atoms with van der Waals surface area (Å²) in [7, 11) is 0. The Labute approximate surface area is 189 Å². The van der Waals surface area contributed by atoms with Gasteiger partial charge in [-0.2, -0.15) is 0 Å². The molecule has 1 amide bonds. The zero-order valence-electron chi connectivity index (χ0n) is 17.2. The normalized spacial score (nSPS) is 19.3. The van der Waals surface area contributed by atoms with Crippen LogP contribution in [0.1, 0.15) is 16.8 Å². The fourth-order valence-corrected chi connectivity index (χ4v) is 5.20. The quantitative estimate of drug-likeness (QED) is 0.602. The number of ether oxygens (including phenoxy) is 1. The number of carboxylic acids is 1. The first kappa shape index (κ1) is 20.2. The zero-order valence-corrected chi connectivity index (χ0v) is 18.0. The lowest BCUT2D eigenvalue weighted by molar-refractivity contribution is -0.223. The number of rotatable bonds is 4. The van der Waals surface area contributed by atoms with Crippen LogP contribution in [0, 0.1) is 11.7 Å². The summed E-state index contributed by atoms with van der Waals surface area (Å²) in [6, 6.07) is 1.01. The lowest BCUT2D eigenvalue weighted by Gasteiger charge is -2.56. The van der Waals surface area contributed by atoms with Crippen molar-refractivity contribution in [2.24, 2.45) is 5.92 Å². The van der Waals surface area contributed by atoms with Gasteiger partial charge in [-0.15, -0.1) is 11.3 Å². The van der Waals surface area contributed by atoms with Crippen LogP contribution in [0.25, 0.3) is 16.2 Å². The van der Waals surface area contributed by atoms with Gasteiger partial charge >= 0.3 is 5.97 Å². The molecular weight excluding hydrogens is 453 g/mol. The standard InChI is InChI=1S/C21H18FN5O5S/c22-14-5-12-15(28)13(19(30)31)8-27(20-23-2-4-33-20)16(12)24-17(14)25-6-11(7-25)18(29)26-9-21(10-26)1-3-32-21/h2,4-5,8,11H,1,3,6-7,9-10H2,(H,30,31). The molecule has 3 aliphatic rings. The Morgan fingerprint density at radius 1 is 1.30 bits per heavy atom. The molecule has 0 atom stereocenters. The Hall–Kier alpha value is -3.38. The van der Waals surface area contributed by atoms with Crippen molar-refractivity contribution in [2.75, 3.05) is 37.7 Å². The highest BCUT2D eigenvalue weighted by Gasteiger charge is 2.52. The fraction of sp³-hybridized carbons (Fsp3) is 0.381. The second-order valence-electron chi connectivity index (χ2n) is 8.60. The molecule has 1 N–H and O–H groups in total. The third-order valence-corrected chi connectivity index (χ3v) is 7.31. The SMILES string of the molecule is O=C(O)c1cn(-c2nccs2)c2nc(N3CC(C(=O)N4CC5(CCO5)C4)C3)c(F)cc2c1=O. The summed E-state index contributed by atoms with van der Waals surface area (Å²) < 4.78 is 21.9. The van der Waals surface area contributed by atoms with Crippen LogP contribution in [0.3, 0.4) is 0 Å². The average molecular weight is 471 g/mol. The summed E-state index contributed by atoms with van der Waals surface area (Å²) in [5.41, 5.74) is -1.34. The molecule has 170 valence electrons. The first-order chi connectivity index (χ1) is 15.8. The number of carbonyl (C=O) groups is 2. The minimum Gasteiger partial charge on any atom is -0.477 e. The van der Waals surface area contributed by atoms with Gasteiger partial charge in [0.1, 0.15) is 11.2 Å². The monoisotopic (exact) mass is 471 g/mol. The minimum atomic E-state index is -1.42. The fourth-order valence-electron chi connectivity index (χ4n) is 4.58. The van der Waals surface area contributed by atoms with Crippen LogP contribution in [0.2, 0.25) is 0 Å². The third-order valence-electron chi connectivity index (χ3n) is 6.53. The molecule has 1 spiro atoms. The van der Waals surface area contributed by atoms with E-state index < -0.39 is 22.8 Å². The van der Waals surface area contributed by atoms with Gasteiger partial charge < -0.3 is 19.6 Å². The van der Waals surface area contributed by atoms with E-state index in [-0.39, 0.29) is 34.3 Å². The smallest absolute Gasteiger partial charge is 0.341 e. The van der Waals surface area contributed by atoms with Crippen LogP contribution >= 0.6 is 11.3 Å². The Morgan fingerprint density at radius 3 is 2.67 bits per heavy atom. The summed E-state index contributed by atoms with van der Waals surface area (Å²) in [5.74, 6) is -2.37. The number of hydrogen-bond donors (Lipinski definition) is 1. The van der Waals surface area contributed by atoms with E-state index in [1.54, 1.807) is 15.2 Å². The molecule has 10 nitrogen and oxygen atoms in total. The molecule has 0 aliphatic carbocycles. The molecule has 0 bridgehead atoms. The zero-order chi connectivity index (χ0) is 22.9. The number of pyridine rings is 2. The van der Waals surface area contributed by atoms with E-state index in [9.17, 15) is 23.9 Å². The first-order valence-corrected chi connectivity index (χ1v) is 11.3. The van der Waals surface area contributed by atoms with E-state index in [4.69, 9.17) is 4.74 Å². The molecule has 6 heterocycles. The highest BCUT2D eigenvalue weighted by atomic mass is 32.1. The maximum atomic E-state index is 15.0. The highest BCUT2D eigenvalue weighted by Crippen LogP contribution is 2.38. The predicted octanol–water partition coefficient (Wildman–Crippen LogP) is 1.12. The number of likely N-dealkylation sites (tertiary alicyclic amines) is 1. The molecule has 3 aliphatic heterocycles. The molecule has 33 heavy (non-hydrogen) atoms. The van der Waals surface area contributed by atoms with Crippen LogP contribution in [-0.2, 0) is 9.53 Å². The minimum absolute atomic E-state index is 0.0155. The van der Waals surface area contributed by atoms with Crippen LogP contribution in [0.15, 0.2) is 28.6 Å². The summed E-state index contributed by atoms with van der Waals surface area (Å²) in [6.07, 6.45) is 3.67. The van der Waals surface area contributed by atoms with E-state index in [2.05, 4.69) is 9.97 Å². The number of aromatic carboxylic acids is 1. The van der Waals surface area contributed by atoms with Crippen molar-refractivity contribution in [3.05, 3.63) is 45.4 Å². The van der Waals surface area contributed by atoms with Gasteiger partial charge in [0.25, 0.3) is 0 Å². The van der Waals surface area contributed by atoms with Crippen molar-refractivity contribution in [3.63, 3.8) is 0 Å². The number of carbonyl (C=O) groups excluding carboxylic acids is 1. The van der Waals surface area contributed by atoms with Gasteiger partial charge in [0.2, 0.25) is 11.3 Å². The highest BCUT2D eigenvalue weighted by molar-refractivity contribution is 7.12. The van der Waals surface area contributed by atoms with Crippen molar-refractivity contribution in [2.45, 2.75) is 12.0 Å². The van der Waals surface area contributed by atoms with Crippen LogP contribution in [0.4, 0.5) is 10.2 Å². The number of anilines is 1. The van der Waals surface area contributed by atoms with E-state index in [1.165, 1.54) is 22.1 Å². The summed E-state index contributed by atoms with van der Waals surface area (Å²) in [4.78, 5) is 48.9. The Bertz CT molecular complexity index is 1360. The number of halogens is 1. The topological polar surface area (TPSA) is 118 Å². The number of amides is 1. The number of carboxylic acid groups (broad SMARTS) is 1. The van der Waals surface area contributed by atoms with Gasteiger partial charge in [-0.05, 0) is 6.07 Å². The van der Waals surface area contributed by atoms with Gasteiger partial charge in [-0.3, -0.25) is 14.2 Å². The van der Waals surface area contributed by atoms with Crippen molar-refractivity contribution in [3.8, 4) is 5.13 Å². The largest absolute Gasteiger partial charge is 0.477 e. The molecule has 0 aromatic carbocycles. The second kappa shape index (κ2) is 7.06. The van der Waals surface area contributed by atoms with Crippen molar-refractivity contribution in [1.82, 2.24) is 19.4 Å². The molecule has 0 saturated carbocycles. The number of thiazole rings is 1. The lowest BCUT2D eigenvalue weighted by Crippen LogP contribution is -2.71. The molecule has 0 radical (unpaired) electrons. The van der Waals surface area contributed by atoms with Crippen molar-refractivity contribution >= 4 is 40.1 Å². The lowest BCUT2D eigenvalue weighted by atomic mass is 9.84. The van der Waals surface area contributed by atoms with Gasteiger partial charge in [-0.25, -0.2) is 19.2 Å². The van der Waals surface area contributed by atoms with Crippen molar-refractivity contribution < 1.29 is 23.8 Å². The number of aromatic nitrogens is 3. The summed E-state index contributed by atoms with van der Waals surface area (Å²) in [6.45, 7) is 2.58. The predicted molar refractivity (Wildman–Crippen MR) is 116 cm³/mol. The van der Waals surface area contributed by atoms with Crippen molar-refractivity contribution in [1.29, 1.82) is 0 Å². The van der Waals surface area contributed by atoms with Crippen LogP contribution in [0.5, 0.6) is 0 Å². The van der Waals surface area contributed by atoms with E-state index in [1.807, 2.05) is 0 Å². The maximum Gasteiger partial charge on any atom is 0.341 e. The summed E-state index contributed by atoms with van der Waals surface area (Å²) >= 11 is 1.23. The molecular formula is C21H18FN5O5S. The average Bonchev–Trinajstić information content (AvgIpc) is 3.20. The molecule has 6 rings (SSSR count). The molecule has 3 fully saturated rings. The van der Waals surface area contributed by atoms with Gasteiger partial charge in [0.05, 0.1) is 31.0 Å². The van der Waals surface area contributed by atoms with Crippen LogP contribution < -0.4 is 10.3 Å². The second-order valence-corrected chi connectivity index (χ2v) is 9.48. The van der Waals surface area contributed by atoms with E-state index in [0.717, 1.165) is 25.3 Å². The third kappa shape index (κ3) is 3.04. The van der Waals surface area contributed by atoms with E-state index >= 15 is 0 Å². The maximum absolute atomic E-state index is 15.0. The van der Waals surface area contributed by atoms with E-state index in [0.29, 0.717) is 31.3 Å².